The fourth-order valence-electron chi connectivity index (χ4n) is 8.05. The van der Waals surface area contributed by atoms with E-state index in [2.05, 4.69) is 20.8 Å². The van der Waals surface area contributed by atoms with Gasteiger partial charge in [0.25, 0.3) is 0 Å². The van der Waals surface area contributed by atoms with E-state index in [-0.39, 0.29) is 28.4 Å². The first-order chi connectivity index (χ1) is 13.0. The van der Waals surface area contributed by atoms with Gasteiger partial charge >= 0.3 is 5.97 Å². The minimum absolute atomic E-state index is 0.00469. The van der Waals surface area contributed by atoms with E-state index < -0.39 is 5.60 Å². The molecular formula is C24H34O4. The number of ether oxygens (including phenoxy) is 1. The molecule has 0 aromatic heterocycles. The maximum atomic E-state index is 12.8. The Kier molecular flexibility index (Phi) is 4.45. The number of fused-ring (bicyclic) bond motifs is 5. The molecule has 4 nitrogen and oxygen atoms in total. The van der Waals surface area contributed by atoms with E-state index in [4.69, 9.17) is 4.74 Å². The molecule has 4 heteroatoms. The maximum Gasteiger partial charge on any atom is 0.303 e. The Labute approximate surface area is 168 Å². The second-order valence-electron chi connectivity index (χ2n) is 10.5. The molecule has 7 atom stereocenters. The van der Waals surface area contributed by atoms with Crippen LogP contribution in [0.25, 0.3) is 0 Å². The van der Waals surface area contributed by atoms with Crippen molar-refractivity contribution >= 4 is 17.5 Å². The van der Waals surface area contributed by atoms with Gasteiger partial charge in [-0.05, 0) is 80.6 Å². The average Bonchev–Trinajstić information content (AvgIpc) is 2.90. The summed E-state index contributed by atoms with van der Waals surface area (Å²) >= 11 is 0. The fourth-order valence-corrected chi connectivity index (χ4v) is 8.05. The number of hydrogen-bond acceptors (Lipinski definition) is 4. The van der Waals surface area contributed by atoms with E-state index in [0.29, 0.717) is 36.5 Å². The van der Waals surface area contributed by atoms with Crippen LogP contribution in [0.3, 0.4) is 0 Å². The molecule has 154 valence electrons. The van der Waals surface area contributed by atoms with Crippen LogP contribution >= 0.6 is 0 Å². The lowest BCUT2D eigenvalue weighted by Crippen LogP contribution is -2.59. The van der Waals surface area contributed by atoms with Crippen molar-refractivity contribution in [3.63, 3.8) is 0 Å². The third-order valence-corrected chi connectivity index (χ3v) is 9.29. The predicted molar refractivity (Wildman–Crippen MR) is 106 cm³/mol. The van der Waals surface area contributed by atoms with E-state index in [0.717, 1.165) is 32.1 Å². The summed E-state index contributed by atoms with van der Waals surface area (Å²) in [7, 11) is 0. The molecule has 0 aliphatic heterocycles. The van der Waals surface area contributed by atoms with Gasteiger partial charge < -0.3 is 4.74 Å². The summed E-state index contributed by atoms with van der Waals surface area (Å²) in [5, 5.41) is 0. The van der Waals surface area contributed by atoms with Gasteiger partial charge in [0.05, 0.1) is 0 Å². The molecule has 0 radical (unpaired) electrons. The van der Waals surface area contributed by atoms with Crippen molar-refractivity contribution in [3.05, 3.63) is 11.6 Å². The first-order valence-corrected chi connectivity index (χ1v) is 11.0. The molecule has 0 amide bonds. The summed E-state index contributed by atoms with van der Waals surface area (Å²) in [6.45, 7) is 9.87. The van der Waals surface area contributed by atoms with Gasteiger partial charge in [-0.2, -0.15) is 0 Å². The van der Waals surface area contributed by atoms with Gasteiger partial charge in [-0.3, -0.25) is 14.4 Å². The highest BCUT2D eigenvalue weighted by atomic mass is 16.6. The van der Waals surface area contributed by atoms with Crippen LogP contribution in [0.4, 0.5) is 0 Å². The topological polar surface area (TPSA) is 60.4 Å². The number of allylic oxidation sites excluding steroid dienone is 1. The Hall–Kier alpha value is -1.45. The van der Waals surface area contributed by atoms with E-state index >= 15 is 0 Å². The van der Waals surface area contributed by atoms with Crippen molar-refractivity contribution in [2.75, 3.05) is 0 Å². The fraction of sp³-hybridized carbons (Fsp3) is 0.792. The number of Topliss-reactive ketones (excluding diaryl/α,β-unsaturated/α-hetero) is 1. The third-order valence-electron chi connectivity index (χ3n) is 9.29. The summed E-state index contributed by atoms with van der Waals surface area (Å²) in [4.78, 5) is 36.8. The number of carbonyl (C=O) groups excluding carboxylic acids is 3. The van der Waals surface area contributed by atoms with E-state index in [1.807, 2.05) is 6.08 Å². The lowest BCUT2D eigenvalue weighted by atomic mass is 9.44. The number of ketones is 2. The van der Waals surface area contributed by atoms with Gasteiger partial charge in [0.1, 0.15) is 0 Å². The summed E-state index contributed by atoms with van der Waals surface area (Å²) in [5.74, 6) is 1.82. The number of hydrogen-bond donors (Lipinski definition) is 0. The molecule has 0 saturated heterocycles. The van der Waals surface area contributed by atoms with Gasteiger partial charge in [-0.25, -0.2) is 0 Å². The molecule has 1 unspecified atom stereocenters. The van der Waals surface area contributed by atoms with Crippen molar-refractivity contribution in [2.24, 2.45) is 34.5 Å². The number of rotatable bonds is 2. The van der Waals surface area contributed by atoms with Crippen LogP contribution in [0.1, 0.15) is 79.6 Å². The Morgan fingerprint density at radius 3 is 2.39 bits per heavy atom. The molecule has 0 N–H and O–H groups in total. The molecule has 0 bridgehead atoms. The highest BCUT2D eigenvalue weighted by Gasteiger charge is 2.68. The number of carbonyl (C=O) groups is 3. The van der Waals surface area contributed by atoms with Crippen molar-refractivity contribution in [2.45, 2.75) is 85.2 Å². The average molecular weight is 387 g/mol. The van der Waals surface area contributed by atoms with Crippen LogP contribution < -0.4 is 0 Å². The smallest absolute Gasteiger partial charge is 0.303 e. The van der Waals surface area contributed by atoms with Gasteiger partial charge in [0.15, 0.2) is 17.2 Å². The molecule has 0 aromatic carbocycles. The first-order valence-electron chi connectivity index (χ1n) is 11.0. The Morgan fingerprint density at radius 1 is 1.07 bits per heavy atom. The normalized spacial score (nSPS) is 47.5. The molecule has 4 rings (SSSR count). The van der Waals surface area contributed by atoms with E-state index in [1.54, 1.807) is 6.92 Å². The largest absolute Gasteiger partial charge is 0.451 e. The Balaban J connectivity index is 1.73. The quantitative estimate of drug-likeness (QED) is 0.648. The standard InChI is InChI=1S/C24H34O4/c1-14-12-18-19(22(4)9-6-17(27)13-21(14)22)7-10-23(5)20(18)8-11-24(23,15(2)25)28-16(3)26/h13-14,18-20H,6-12H2,1-5H3/t14-,18+,19-,20-,22+,23-,24?/m0/s1. The molecule has 28 heavy (non-hydrogen) atoms. The zero-order valence-corrected chi connectivity index (χ0v) is 18.0. The Morgan fingerprint density at radius 2 is 1.75 bits per heavy atom. The summed E-state index contributed by atoms with van der Waals surface area (Å²) < 4.78 is 5.84. The first kappa shape index (κ1) is 19.8. The Bertz CT molecular complexity index is 767. The molecule has 0 spiro atoms. The summed E-state index contributed by atoms with van der Waals surface area (Å²) in [6.07, 6.45) is 8.19. The van der Waals surface area contributed by atoms with E-state index in [1.165, 1.54) is 12.5 Å². The zero-order chi connectivity index (χ0) is 20.5. The van der Waals surface area contributed by atoms with Crippen molar-refractivity contribution < 1.29 is 19.1 Å². The monoisotopic (exact) mass is 386 g/mol. The van der Waals surface area contributed by atoms with Crippen LogP contribution in [0.15, 0.2) is 11.6 Å². The second-order valence-corrected chi connectivity index (χ2v) is 10.5. The summed E-state index contributed by atoms with van der Waals surface area (Å²) in [5.41, 5.74) is 0.218. The minimum atomic E-state index is -0.961. The van der Waals surface area contributed by atoms with Crippen LogP contribution in [-0.4, -0.2) is 23.1 Å². The van der Waals surface area contributed by atoms with Crippen LogP contribution in [0.5, 0.6) is 0 Å². The van der Waals surface area contributed by atoms with Gasteiger partial charge in [0.2, 0.25) is 0 Å². The molecule has 4 aliphatic rings. The molecule has 3 saturated carbocycles. The second kappa shape index (κ2) is 6.27. The van der Waals surface area contributed by atoms with Crippen LogP contribution in [0, 0.1) is 34.5 Å². The van der Waals surface area contributed by atoms with Crippen LogP contribution in [0.2, 0.25) is 0 Å². The zero-order valence-electron chi connectivity index (χ0n) is 18.0. The molecular weight excluding hydrogens is 352 g/mol. The third kappa shape index (κ3) is 2.45. The lowest BCUT2D eigenvalue weighted by Gasteiger charge is -2.60. The minimum Gasteiger partial charge on any atom is -0.451 e. The number of esters is 1. The van der Waals surface area contributed by atoms with Gasteiger partial charge in [-0.15, -0.1) is 0 Å². The lowest BCUT2D eigenvalue weighted by molar-refractivity contribution is -0.187. The predicted octanol–water partition coefficient (Wildman–Crippen LogP) is 4.66. The van der Waals surface area contributed by atoms with Gasteiger partial charge in [0, 0.05) is 18.8 Å². The molecule has 0 aromatic rings. The molecule has 3 fully saturated rings. The SMILES string of the molecule is CC(=O)OC1(C(C)=O)CC[C@H]2[C@@H]3C[C@H](C)C4=CC(=O)CC[C@]4(C)[C@H]3CC[C@@]21C. The highest BCUT2D eigenvalue weighted by Crippen LogP contribution is 2.69. The van der Waals surface area contributed by atoms with E-state index in [9.17, 15) is 14.4 Å². The molecule has 0 heterocycles. The van der Waals surface area contributed by atoms with Crippen LogP contribution in [-0.2, 0) is 19.1 Å². The summed E-state index contributed by atoms with van der Waals surface area (Å²) in [6, 6.07) is 0. The maximum absolute atomic E-state index is 12.8. The highest BCUT2D eigenvalue weighted by molar-refractivity contribution is 5.92. The van der Waals surface area contributed by atoms with Crippen molar-refractivity contribution in [1.29, 1.82) is 0 Å². The van der Waals surface area contributed by atoms with Crippen molar-refractivity contribution in [3.8, 4) is 0 Å². The van der Waals surface area contributed by atoms with Gasteiger partial charge in [-0.1, -0.05) is 26.3 Å². The molecule has 4 aliphatic carbocycles. The van der Waals surface area contributed by atoms with Crippen molar-refractivity contribution in [1.82, 2.24) is 0 Å².